The number of hydrogen-bond donors (Lipinski definition) is 2. The Morgan fingerprint density at radius 3 is 2.44 bits per heavy atom. The highest BCUT2D eigenvalue weighted by Crippen LogP contribution is 2.50. The van der Waals surface area contributed by atoms with Crippen LogP contribution in [0, 0.1) is 0 Å². The van der Waals surface area contributed by atoms with Crippen molar-refractivity contribution in [2.45, 2.75) is 24.7 Å². The number of amides is 1. The summed E-state index contributed by atoms with van der Waals surface area (Å²) >= 11 is 12.8. The van der Waals surface area contributed by atoms with Crippen molar-refractivity contribution in [1.29, 1.82) is 0 Å². The van der Waals surface area contributed by atoms with Crippen LogP contribution in [0.5, 0.6) is 0 Å². The van der Waals surface area contributed by atoms with Gasteiger partial charge in [0.15, 0.2) is 0 Å². The maximum Gasteiger partial charge on any atom is 0.471 e. The number of carbonyl (C=O) groups is 1. The molecule has 9 heteroatoms. The van der Waals surface area contributed by atoms with E-state index in [2.05, 4.69) is 0 Å². The fourth-order valence-corrected chi connectivity index (χ4v) is 3.88. The predicted molar refractivity (Wildman–Crippen MR) is 62.8 cm³/mol. The van der Waals surface area contributed by atoms with Gasteiger partial charge in [0.1, 0.15) is 0 Å². The fourth-order valence-electron chi connectivity index (χ4n) is 1.93. The lowest BCUT2D eigenvalue weighted by Gasteiger charge is -2.15. The Kier molecular flexibility index (Phi) is 3.52. The Labute approximate surface area is 114 Å². The molecule has 1 aromatic rings. The summed E-state index contributed by atoms with van der Waals surface area (Å²) in [5, 5.41) is 1.88. The molecule has 0 saturated carbocycles. The Morgan fingerprint density at radius 1 is 1.33 bits per heavy atom. The van der Waals surface area contributed by atoms with Gasteiger partial charge in [0.05, 0.1) is 14.7 Å². The standard InChI is InChI=1S/C9H7Cl2F3N2OS/c10-6-4-2(15)1-3(5(4)7(11)18-6)16-8(17)9(12,13)14/h2-3H,1,15H2,(H,16,17)/t2-,3+/m0/s1. The molecule has 0 saturated heterocycles. The molecule has 1 aromatic heterocycles. The molecule has 1 heterocycles. The summed E-state index contributed by atoms with van der Waals surface area (Å²) in [6.07, 6.45) is -4.78. The summed E-state index contributed by atoms with van der Waals surface area (Å²) in [6.45, 7) is 0. The second kappa shape index (κ2) is 4.56. The molecule has 0 bridgehead atoms. The number of thiophene rings is 1. The smallest absolute Gasteiger partial charge is 0.341 e. The maximum absolute atomic E-state index is 12.2. The highest BCUT2D eigenvalue weighted by atomic mass is 35.5. The molecule has 2 rings (SSSR count). The van der Waals surface area contributed by atoms with E-state index < -0.39 is 24.2 Å². The number of halogens is 5. The van der Waals surface area contributed by atoms with Gasteiger partial charge < -0.3 is 11.1 Å². The van der Waals surface area contributed by atoms with Gasteiger partial charge in [-0.3, -0.25) is 4.79 Å². The monoisotopic (exact) mass is 318 g/mol. The zero-order valence-electron chi connectivity index (χ0n) is 8.65. The lowest BCUT2D eigenvalue weighted by atomic mass is 10.2. The average molecular weight is 319 g/mol. The van der Waals surface area contributed by atoms with E-state index in [0.29, 0.717) is 15.5 Å². The van der Waals surface area contributed by atoms with E-state index in [0.717, 1.165) is 11.3 Å². The van der Waals surface area contributed by atoms with Crippen molar-refractivity contribution in [3.05, 3.63) is 19.8 Å². The molecule has 1 aliphatic rings. The molecule has 2 atom stereocenters. The third-order valence-corrected chi connectivity index (χ3v) is 4.33. The molecule has 0 fully saturated rings. The number of alkyl halides is 3. The van der Waals surface area contributed by atoms with Crippen LogP contribution in [0.15, 0.2) is 0 Å². The topological polar surface area (TPSA) is 55.1 Å². The number of carbonyl (C=O) groups excluding carboxylic acids is 1. The normalized spacial score (nSPS) is 23.0. The quantitative estimate of drug-likeness (QED) is 0.835. The largest absolute Gasteiger partial charge is 0.471 e. The van der Waals surface area contributed by atoms with Crippen molar-refractivity contribution >= 4 is 40.4 Å². The van der Waals surface area contributed by atoms with E-state index in [1.165, 1.54) is 0 Å². The van der Waals surface area contributed by atoms with Crippen LogP contribution in [0.1, 0.15) is 29.6 Å². The van der Waals surface area contributed by atoms with Gasteiger partial charge in [-0.05, 0) is 6.42 Å². The molecule has 0 aliphatic heterocycles. The van der Waals surface area contributed by atoms with Gasteiger partial charge in [-0.25, -0.2) is 0 Å². The van der Waals surface area contributed by atoms with E-state index in [-0.39, 0.29) is 10.8 Å². The highest BCUT2D eigenvalue weighted by Gasteiger charge is 2.43. The number of rotatable bonds is 1. The Hall–Kier alpha value is -0.500. The minimum absolute atomic E-state index is 0.152. The van der Waals surface area contributed by atoms with Gasteiger partial charge in [-0.1, -0.05) is 23.2 Å². The van der Waals surface area contributed by atoms with Crippen molar-refractivity contribution in [2.75, 3.05) is 0 Å². The first-order chi connectivity index (χ1) is 8.21. The Bertz CT molecular complexity index is 503. The summed E-state index contributed by atoms with van der Waals surface area (Å²) in [5.41, 5.74) is 6.69. The molecule has 3 nitrogen and oxygen atoms in total. The molecule has 100 valence electrons. The molecule has 0 aromatic carbocycles. The molecule has 0 radical (unpaired) electrons. The third kappa shape index (κ3) is 2.32. The predicted octanol–water partition coefficient (Wildman–Crippen LogP) is 3.18. The first kappa shape index (κ1) is 13.9. The van der Waals surface area contributed by atoms with Crippen LogP contribution in [0.25, 0.3) is 0 Å². The second-order valence-corrected chi connectivity index (χ2v) is 6.07. The van der Waals surface area contributed by atoms with Gasteiger partial charge in [0, 0.05) is 17.2 Å². The van der Waals surface area contributed by atoms with Crippen LogP contribution in [0.3, 0.4) is 0 Å². The molecule has 18 heavy (non-hydrogen) atoms. The number of nitrogens with one attached hydrogen (secondary N) is 1. The van der Waals surface area contributed by atoms with Crippen molar-refractivity contribution < 1.29 is 18.0 Å². The minimum atomic E-state index is -4.93. The summed E-state index contributed by atoms with van der Waals surface area (Å²) in [4.78, 5) is 10.9. The lowest BCUT2D eigenvalue weighted by Crippen LogP contribution is -2.38. The van der Waals surface area contributed by atoms with E-state index in [4.69, 9.17) is 28.9 Å². The summed E-state index contributed by atoms with van der Waals surface area (Å²) in [7, 11) is 0. The van der Waals surface area contributed by atoms with Gasteiger partial charge >= 0.3 is 12.1 Å². The SMILES string of the molecule is N[C@H]1C[C@@H](NC(=O)C(F)(F)F)c2c(Cl)sc(Cl)c21. The van der Waals surface area contributed by atoms with Crippen LogP contribution < -0.4 is 11.1 Å². The van der Waals surface area contributed by atoms with Crippen molar-refractivity contribution in [3.63, 3.8) is 0 Å². The molecule has 3 N–H and O–H groups in total. The van der Waals surface area contributed by atoms with Gasteiger partial charge in [-0.15, -0.1) is 11.3 Å². The molecule has 0 unspecified atom stereocenters. The second-order valence-electron chi connectivity index (χ2n) is 3.84. The maximum atomic E-state index is 12.2. The van der Waals surface area contributed by atoms with Crippen molar-refractivity contribution in [1.82, 2.24) is 5.32 Å². The van der Waals surface area contributed by atoms with Crippen LogP contribution >= 0.6 is 34.5 Å². The number of hydrogen-bond acceptors (Lipinski definition) is 3. The summed E-state index contributed by atoms with van der Waals surface area (Å²) in [5.74, 6) is -2.01. The molecule has 0 spiro atoms. The average Bonchev–Trinajstić information content (AvgIpc) is 2.67. The fraction of sp³-hybridized carbons (Fsp3) is 0.444. The van der Waals surface area contributed by atoms with Crippen LogP contribution in [-0.4, -0.2) is 12.1 Å². The first-order valence-corrected chi connectivity index (χ1v) is 6.40. The lowest BCUT2D eigenvalue weighted by molar-refractivity contribution is -0.174. The zero-order chi connectivity index (χ0) is 13.7. The molecular formula is C9H7Cl2F3N2OS. The van der Waals surface area contributed by atoms with Crippen molar-refractivity contribution in [2.24, 2.45) is 5.73 Å². The minimum Gasteiger partial charge on any atom is -0.341 e. The third-order valence-electron chi connectivity index (χ3n) is 2.66. The summed E-state index contributed by atoms with van der Waals surface area (Å²) in [6, 6.07) is -1.37. The molecule has 1 aliphatic carbocycles. The summed E-state index contributed by atoms with van der Waals surface area (Å²) < 4.78 is 37.2. The van der Waals surface area contributed by atoms with Gasteiger partial charge in [0.25, 0.3) is 0 Å². The molecular weight excluding hydrogens is 312 g/mol. The molecule has 1 amide bonds. The number of nitrogens with two attached hydrogens (primary N) is 1. The zero-order valence-corrected chi connectivity index (χ0v) is 11.0. The van der Waals surface area contributed by atoms with E-state index in [1.54, 1.807) is 0 Å². The van der Waals surface area contributed by atoms with E-state index in [1.807, 2.05) is 5.32 Å². The van der Waals surface area contributed by atoms with Crippen molar-refractivity contribution in [3.8, 4) is 0 Å². The van der Waals surface area contributed by atoms with Crippen LogP contribution in [-0.2, 0) is 4.79 Å². The van der Waals surface area contributed by atoms with Gasteiger partial charge in [-0.2, -0.15) is 13.2 Å². The Balaban J connectivity index is 2.27. The van der Waals surface area contributed by atoms with Crippen LogP contribution in [0.4, 0.5) is 13.2 Å². The van der Waals surface area contributed by atoms with E-state index >= 15 is 0 Å². The highest BCUT2D eigenvalue weighted by molar-refractivity contribution is 7.20. The number of fused-ring (bicyclic) bond motifs is 1. The van der Waals surface area contributed by atoms with Gasteiger partial charge in [0.2, 0.25) is 0 Å². The first-order valence-electron chi connectivity index (χ1n) is 4.82. The Morgan fingerprint density at radius 2 is 1.89 bits per heavy atom. The van der Waals surface area contributed by atoms with E-state index in [9.17, 15) is 18.0 Å². The van der Waals surface area contributed by atoms with Crippen LogP contribution in [0.2, 0.25) is 8.67 Å².